The van der Waals surface area contributed by atoms with Crippen LogP contribution >= 0.6 is 15.9 Å². The van der Waals surface area contributed by atoms with Crippen molar-refractivity contribution in [3.63, 3.8) is 0 Å². The molecular weight excluding hydrogens is 436 g/mol. The van der Waals surface area contributed by atoms with E-state index in [0.29, 0.717) is 29.8 Å². The molecule has 3 atom stereocenters. The van der Waals surface area contributed by atoms with Crippen molar-refractivity contribution in [2.24, 2.45) is 0 Å². The van der Waals surface area contributed by atoms with E-state index in [0.717, 1.165) is 10.0 Å². The predicted octanol–water partition coefficient (Wildman–Crippen LogP) is 5.80. The molecule has 1 aromatic rings. The summed E-state index contributed by atoms with van der Waals surface area (Å²) in [6.07, 6.45) is 1.84. The Kier molecular flexibility index (Phi) is 8.76. The van der Waals surface area contributed by atoms with E-state index in [1.54, 1.807) is 12.3 Å². The molecule has 28 heavy (non-hydrogen) atoms. The van der Waals surface area contributed by atoms with Crippen molar-refractivity contribution in [2.45, 2.75) is 83.1 Å². The van der Waals surface area contributed by atoms with Gasteiger partial charge in [0, 0.05) is 4.47 Å². The van der Waals surface area contributed by atoms with E-state index in [9.17, 15) is 5.11 Å². The van der Waals surface area contributed by atoms with Crippen LogP contribution in [0.4, 0.5) is 0 Å². The molecule has 0 fully saturated rings. The molecule has 0 unspecified atom stereocenters. The van der Waals surface area contributed by atoms with Crippen LogP contribution in [0.5, 0.6) is 0 Å². The summed E-state index contributed by atoms with van der Waals surface area (Å²) < 4.78 is 19.3. The topological polar surface area (TPSA) is 47.9 Å². The molecule has 0 spiro atoms. The smallest absolute Gasteiger partial charge is 0.200 e. The fourth-order valence-electron chi connectivity index (χ4n) is 4.42. The quantitative estimate of drug-likeness (QED) is 0.463. The maximum absolute atomic E-state index is 10.8. The van der Waals surface area contributed by atoms with E-state index in [1.165, 1.54) is 0 Å². The molecular formula is C22H35BrO4Si. The molecule has 0 aromatic heterocycles. The second-order valence-electron chi connectivity index (χ2n) is 8.52. The highest BCUT2D eigenvalue weighted by atomic mass is 79.9. The first-order chi connectivity index (χ1) is 13.2. The number of aliphatic hydroxyl groups is 1. The molecule has 0 saturated carbocycles. The van der Waals surface area contributed by atoms with Crippen molar-refractivity contribution in [3.8, 4) is 0 Å². The minimum atomic E-state index is -2.00. The Bertz CT molecular complexity index is 608. The van der Waals surface area contributed by atoms with Crippen molar-refractivity contribution < 1.29 is 19.0 Å². The average molecular weight is 472 g/mol. The second kappa shape index (κ2) is 10.4. The Morgan fingerprint density at radius 3 is 2.14 bits per heavy atom. The van der Waals surface area contributed by atoms with Crippen LogP contribution in [0.25, 0.3) is 0 Å². The summed E-state index contributed by atoms with van der Waals surface area (Å²) in [5, 5.41) is 10.8. The zero-order valence-corrected chi connectivity index (χ0v) is 20.5. The van der Waals surface area contributed by atoms with Gasteiger partial charge in [0.1, 0.15) is 18.3 Å². The van der Waals surface area contributed by atoms with E-state index in [4.69, 9.17) is 13.9 Å². The van der Waals surface area contributed by atoms with Crippen molar-refractivity contribution in [1.29, 1.82) is 0 Å². The first kappa shape index (κ1) is 23.6. The molecule has 1 aromatic carbocycles. The van der Waals surface area contributed by atoms with Gasteiger partial charge in [-0.05, 0) is 40.4 Å². The number of halogens is 1. The molecule has 158 valence electrons. The number of hydrogen-bond acceptors (Lipinski definition) is 4. The van der Waals surface area contributed by atoms with Gasteiger partial charge in [-0.3, -0.25) is 0 Å². The minimum absolute atomic E-state index is 0.393. The van der Waals surface area contributed by atoms with Crippen molar-refractivity contribution in [2.75, 3.05) is 6.61 Å². The maximum Gasteiger partial charge on any atom is 0.200 e. The van der Waals surface area contributed by atoms with Crippen LogP contribution in [0.15, 0.2) is 41.1 Å². The van der Waals surface area contributed by atoms with Gasteiger partial charge in [-0.15, -0.1) is 0 Å². The van der Waals surface area contributed by atoms with Crippen LogP contribution in [-0.2, 0) is 20.5 Å². The standard InChI is InChI=1S/C22H35BrO4Si/c1-15(2)28(16(3)4,17(5)6)27-14-21-22(24)20(11-12-25-21)26-13-18-7-9-19(23)10-8-18/h7-12,15-17,20-22,24H,13-14H2,1-6H3/t20-,21-,22+/m1/s1. The Morgan fingerprint density at radius 1 is 1.04 bits per heavy atom. The molecule has 2 rings (SSSR count). The van der Waals surface area contributed by atoms with Crippen LogP contribution in [0, 0.1) is 0 Å². The normalized spacial score (nSPS) is 22.9. The Hall–Kier alpha value is -0.663. The van der Waals surface area contributed by atoms with Gasteiger partial charge >= 0.3 is 0 Å². The zero-order chi connectivity index (χ0) is 20.9. The summed E-state index contributed by atoms with van der Waals surface area (Å²) in [7, 11) is -2.00. The summed E-state index contributed by atoms with van der Waals surface area (Å²) >= 11 is 3.43. The van der Waals surface area contributed by atoms with Crippen molar-refractivity contribution in [1.82, 2.24) is 0 Å². The number of benzene rings is 1. The highest BCUT2D eigenvalue weighted by Crippen LogP contribution is 2.42. The van der Waals surface area contributed by atoms with Gasteiger partial charge in [-0.2, -0.15) is 0 Å². The van der Waals surface area contributed by atoms with Crippen LogP contribution in [0.1, 0.15) is 47.1 Å². The summed E-state index contributed by atoms with van der Waals surface area (Å²) in [6, 6.07) is 7.99. The Labute approximate surface area is 179 Å². The lowest BCUT2D eigenvalue weighted by atomic mass is 10.1. The van der Waals surface area contributed by atoms with Gasteiger partial charge in [0.2, 0.25) is 8.32 Å². The summed E-state index contributed by atoms with van der Waals surface area (Å²) in [6.45, 7) is 14.4. The van der Waals surface area contributed by atoms with Crippen molar-refractivity contribution in [3.05, 3.63) is 46.6 Å². The van der Waals surface area contributed by atoms with Gasteiger partial charge < -0.3 is 19.0 Å². The molecule has 0 radical (unpaired) electrons. The third-order valence-corrected chi connectivity index (χ3v) is 12.4. The number of ether oxygens (including phenoxy) is 2. The number of rotatable bonds is 9. The number of hydrogen-bond donors (Lipinski definition) is 1. The highest BCUT2D eigenvalue weighted by Gasteiger charge is 2.46. The lowest BCUT2D eigenvalue weighted by Crippen LogP contribution is -2.52. The van der Waals surface area contributed by atoms with Crippen LogP contribution < -0.4 is 0 Å². The van der Waals surface area contributed by atoms with Crippen LogP contribution in [-0.4, -0.2) is 38.3 Å². The van der Waals surface area contributed by atoms with E-state index in [2.05, 4.69) is 57.5 Å². The molecule has 0 saturated heterocycles. The van der Waals surface area contributed by atoms with Gasteiger partial charge in [-0.1, -0.05) is 69.6 Å². The van der Waals surface area contributed by atoms with E-state index in [1.807, 2.05) is 24.3 Å². The maximum atomic E-state index is 10.8. The molecule has 1 N–H and O–H groups in total. The molecule has 0 bridgehead atoms. The SMILES string of the molecule is CC(C)[Si](OC[C@H]1OC=C[C@@H](OCc2ccc(Br)cc2)[C@@H]1O)(C(C)C)C(C)C. The fourth-order valence-corrected chi connectivity index (χ4v) is 10.1. The molecule has 1 aliphatic heterocycles. The third kappa shape index (κ3) is 5.48. The fraction of sp³-hybridized carbons (Fsp3) is 0.636. The number of aliphatic hydroxyl groups excluding tert-OH is 1. The predicted molar refractivity (Wildman–Crippen MR) is 120 cm³/mol. The average Bonchev–Trinajstić information content (AvgIpc) is 2.63. The van der Waals surface area contributed by atoms with E-state index >= 15 is 0 Å². The van der Waals surface area contributed by atoms with Gasteiger partial charge in [0.25, 0.3) is 0 Å². The zero-order valence-electron chi connectivity index (χ0n) is 17.9. The van der Waals surface area contributed by atoms with E-state index in [-0.39, 0.29) is 0 Å². The summed E-state index contributed by atoms with van der Waals surface area (Å²) in [5.41, 5.74) is 2.55. The molecule has 0 amide bonds. The lowest BCUT2D eigenvalue weighted by molar-refractivity contribution is -0.105. The molecule has 6 heteroatoms. The molecule has 1 heterocycles. The van der Waals surface area contributed by atoms with Gasteiger partial charge in [0.05, 0.1) is 19.5 Å². The first-order valence-electron chi connectivity index (χ1n) is 10.2. The molecule has 1 aliphatic rings. The second-order valence-corrected chi connectivity index (χ2v) is 14.9. The van der Waals surface area contributed by atoms with Crippen LogP contribution in [0.2, 0.25) is 16.6 Å². The van der Waals surface area contributed by atoms with E-state index < -0.39 is 26.6 Å². The summed E-state index contributed by atoms with van der Waals surface area (Å²) in [4.78, 5) is 0. The van der Waals surface area contributed by atoms with Crippen LogP contribution in [0.3, 0.4) is 0 Å². The minimum Gasteiger partial charge on any atom is -0.493 e. The van der Waals surface area contributed by atoms with Crippen molar-refractivity contribution >= 4 is 24.2 Å². The monoisotopic (exact) mass is 470 g/mol. The Balaban J connectivity index is 1.99. The first-order valence-corrected chi connectivity index (χ1v) is 13.1. The van der Waals surface area contributed by atoms with Gasteiger partial charge in [-0.25, -0.2) is 0 Å². The molecule has 4 nitrogen and oxygen atoms in total. The van der Waals surface area contributed by atoms with Gasteiger partial charge in [0.15, 0.2) is 0 Å². The Morgan fingerprint density at radius 2 is 1.61 bits per heavy atom. The third-order valence-electron chi connectivity index (χ3n) is 5.80. The highest BCUT2D eigenvalue weighted by molar-refractivity contribution is 9.10. The lowest BCUT2D eigenvalue weighted by Gasteiger charge is -2.43. The molecule has 0 aliphatic carbocycles. The largest absolute Gasteiger partial charge is 0.493 e. The summed E-state index contributed by atoms with van der Waals surface area (Å²) in [5.74, 6) is 0.